The molecule has 0 bridgehead atoms. The number of hydrogen-bond acceptors (Lipinski definition) is 2. The predicted molar refractivity (Wildman–Crippen MR) is 222 cm³/mol. The van der Waals surface area contributed by atoms with Gasteiger partial charge in [-0.3, -0.25) is 0 Å². The van der Waals surface area contributed by atoms with Crippen LogP contribution in [0.15, 0.2) is 84.9 Å². The number of rotatable bonds is 15. The summed E-state index contributed by atoms with van der Waals surface area (Å²) in [6.45, 7) is 26.9. The van der Waals surface area contributed by atoms with E-state index in [0.29, 0.717) is 36.5 Å². The highest BCUT2D eigenvalue weighted by Crippen LogP contribution is 2.58. The maximum absolute atomic E-state index is 16.3. The molecule has 0 radical (unpaired) electrons. The summed E-state index contributed by atoms with van der Waals surface area (Å²) in [5.74, 6) is 1.60. The molecule has 4 aromatic rings. The Balaban J connectivity index is 2.03. The minimum Gasteiger partial charge on any atom is -0.318 e. The largest absolute Gasteiger partial charge is 0.318 e. The average Bonchev–Trinajstić information content (AvgIpc) is 3.06. The molecule has 2 nitrogen and oxygen atoms in total. The molecule has 0 aromatic heterocycles. The molecule has 4 rings (SSSR count). The second-order valence-electron chi connectivity index (χ2n) is 16.5. The topological polar surface area (TPSA) is 34.1 Å². The lowest BCUT2D eigenvalue weighted by molar-refractivity contribution is 0.574. The first kappa shape index (κ1) is 40.1. The molecule has 270 valence electrons. The van der Waals surface area contributed by atoms with Gasteiger partial charge in [-0.2, -0.15) is 0 Å². The fourth-order valence-corrected chi connectivity index (χ4v) is 15.8. The van der Waals surface area contributed by atoms with Crippen molar-refractivity contribution in [2.24, 2.45) is 0 Å². The van der Waals surface area contributed by atoms with Crippen molar-refractivity contribution < 1.29 is 9.13 Å². The molecule has 0 saturated heterocycles. The fourth-order valence-electron chi connectivity index (χ4n) is 7.40. The summed E-state index contributed by atoms with van der Waals surface area (Å²) in [4.78, 5) is 0. The van der Waals surface area contributed by atoms with Gasteiger partial charge < -0.3 is 9.13 Å². The van der Waals surface area contributed by atoms with E-state index in [9.17, 15) is 0 Å². The Hall–Kier alpha value is -2.66. The van der Waals surface area contributed by atoms with Crippen molar-refractivity contribution in [1.29, 1.82) is 0 Å². The van der Waals surface area contributed by atoms with E-state index in [1.165, 1.54) is 33.4 Å². The van der Waals surface area contributed by atoms with Gasteiger partial charge in [-0.25, -0.2) is 0 Å². The molecule has 0 fully saturated rings. The molecule has 0 aliphatic rings. The van der Waals surface area contributed by atoms with Gasteiger partial charge in [0.05, 0.1) is 0 Å². The van der Waals surface area contributed by atoms with Crippen LogP contribution in [0.3, 0.4) is 0 Å². The fraction of sp³-hybridized carbons (Fsp3) is 0.478. The van der Waals surface area contributed by atoms with Crippen LogP contribution in [0, 0.1) is 0 Å². The molecular formula is C46H64O2P2. The van der Waals surface area contributed by atoms with Crippen molar-refractivity contribution in [3.63, 3.8) is 0 Å². The molecular weight excluding hydrogens is 646 g/mol. The van der Waals surface area contributed by atoms with Crippen LogP contribution in [0.5, 0.6) is 0 Å². The zero-order valence-electron chi connectivity index (χ0n) is 33.1. The summed E-state index contributed by atoms with van der Waals surface area (Å²) in [6, 6.07) is 30.0. The van der Waals surface area contributed by atoms with Crippen LogP contribution in [0.1, 0.15) is 163 Å². The molecule has 0 aliphatic carbocycles. The molecule has 0 heterocycles. The molecule has 0 saturated carbocycles. The molecule has 2 atom stereocenters. The summed E-state index contributed by atoms with van der Waals surface area (Å²) in [6.07, 6.45) is 1.76. The standard InChI is InChI=1S/C46H64O2P2/c1-31(2)39-25-41(33(5)6)45(42(26-39)34(7)8)49(47,29-37-19-15-13-16-20-37)23-24-50(48,30-38-21-17-14-18-22-38)46-43(35(9)10)27-40(32(3)4)28-44(46)36(11)12/h13-22,25-28,31-36H,23-24,29-30H2,1-12H3. The third-order valence-corrected chi connectivity index (χ3v) is 17.1. The van der Waals surface area contributed by atoms with Crippen LogP contribution < -0.4 is 10.6 Å². The Morgan fingerprint density at radius 1 is 0.400 bits per heavy atom. The average molecular weight is 711 g/mol. The van der Waals surface area contributed by atoms with Gasteiger partial charge in [-0.05, 0) is 80.0 Å². The van der Waals surface area contributed by atoms with Crippen LogP contribution in [-0.2, 0) is 21.5 Å². The maximum atomic E-state index is 16.3. The van der Waals surface area contributed by atoms with E-state index < -0.39 is 14.3 Å². The Bertz CT molecular complexity index is 1620. The molecule has 50 heavy (non-hydrogen) atoms. The molecule has 0 amide bonds. The predicted octanol–water partition coefficient (Wildman–Crippen LogP) is 13.5. The van der Waals surface area contributed by atoms with Crippen LogP contribution in [0.2, 0.25) is 0 Å². The summed E-state index contributed by atoms with van der Waals surface area (Å²) >= 11 is 0. The Morgan fingerprint density at radius 3 is 0.880 bits per heavy atom. The van der Waals surface area contributed by atoms with E-state index in [1.54, 1.807) is 0 Å². The molecule has 4 heteroatoms. The molecule has 4 aromatic carbocycles. The van der Waals surface area contributed by atoms with E-state index in [0.717, 1.165) is 21.7 Å². The van der Waals surface area contributed by atoms with E-state index in [2.05, 4.69) is 156 Å². The van der Waals surface area contributed by atoms with Gasteiger partial charge >= 0.3 is 0 Å². The molecule has 0 aliphatic heterocycles. The van der Waals surface area contributed by atoms with Crippen molar-refractivity contribution in [3.8, 4) is 0 Å². The van der Waals surface area contributed by atoms with Crippen molar-refractivity contribution >= 4 is 24.9 Å². The van der Waals surface area contributed by atoms with E-state index >= 15 is 9.13 Å². The third kappa shape index (κ3) is 9.22. The SMILES string of the molecule is CC(C)c1cc(C(C)C)c(P(=O)(CCP(=O)(Cc2ccccc2)c2c(C(C)C)cc(C(C)C)cc2C(C)C)Cc2ccccc2)c(C(C)C)c1. The second-order valence-corrected chi connectivity index (χ2v) is 22.5. The first-order chi connectivity index (χ1) is 23.5. The highest BCUT2D eigenvalue weighted by Gasteiger charge is 2.38. The Kier molecular flexibility index (Phi) is 13.5. The van der Waals surface area contributed by atoms with Crippen molar-refractivity contribution in [2.75, 3.05) is 12.3 Å². The summed E-state index contributed by atoms with van der Waals surface area (Å²) < 4.78 is 32.6. The highest BCUT2D eigenvalue weighted by atomic mass is 31.2. The Labute approximate surface area is 305 Å². The van der Waals surface area contributed by atoms with Gasteiger partial charge in [-0.15, -0.1) is 0 Å². The first-order valence-electron chi connectivity index (χ1n) is 19.1. The minimum absolute atomic E-state index is 0.213. The van der Waals surface area contributed by atoms with Crippen molar-refractivity contribution in [2.45, 2.75) is 131 Å². The quantitative estimate of drug-likeness (QED) is 0.115. The van der Waals surface area contributed by atoms with Crippen LogP contribution >= 0.6 is 14.3 Å². The van der Waals surface area contributed by atoms with Gasteiger partial charge in [0.1, 0.15) is 14.3 Å². The molecule has 0 spiro atoms. The Morgan fingerprint density at radius 2 is 0.660 bits per heavy atom. The third-order valence-electron chi connectivity index (χ3n) is 10.4. The van der Waals surface area contributed by atoms with Crippen LogP contribution in [0.25, 0.3) is 0 Å². The number of hydrogen-bond donors (Lipinski definition) is 0. The molecule has 2 unspecified atom stereocenters. The normalized spacial score (nSPS) is 14.7. The summed E-state index contributed by atoms with van der Waals surface area (Å²) in [5.41, 5.74) is 9.56. The summed E-state index contributed by atoms with van der Waals surface area (Å²) in [7, 11) is -6.25. The lowest BCUT2D eigenvalue weighted by atomic mass is 9.89. The summed E-state index contributed by atoms with van der Waals surface area (Å²) in [5, 5.41) is 2.09. The lowest BCUT2D eigenvalue weighted by Crippen LogP contribution is -2.27. The smallest absolute Gasteiger partial charge is 0.120 e. The van der Waals surface area contributed by atoms with Crippen molar-refractivity contribution in [1.82, 2.24) is 0 Å². The zero-order valence-corrected chi connectivity index (χ0v) is 34.9. The minimum atomic E-state index is -3.12. The van der Waals surface area contributed by atoms with Gasteiger partial charge in [0.2, 0.25) is 0 Å². The zero-order chi connectivity index (χ0) is 37.0. The van der Waals surface area contributed by atoms with Crippen LogP contribution in [0.4, 0.5) is 0 Å². The van der Waals surface area contributed by atoms with Crippen LogP contribution in [-0.4, -0.2) is 12.3 Å². The lowest BCUT2D eigenvalue weighted by Gasteiger charge is -2.32. The van der Waals surface area contributed by atoms with Gasteiger partial charge in [0, 0.05) is 35.3 Å². The van der Waals surface area contributed by atoms with Gasteiger partial charge in [0.25, 0.3) is 0 Å². The van der Waals surface area contributed by atoms with E-state index in [-0.39, 0.29) is 23.7 Å². The first-order valence-corrected chi connectivity index (χ1v) is 23.2. The van der Waals surface area contributed by atoms with E-state index in [4.69, 9.17) is 0 Å². The van der Waals surface area contributed by atoms with E-state index in [1.807, 2.05) is 12.1 Å². The number of benzene rings is 4. The molecule has 0 N–H and O–H groups in total. The van der Waals surface area contributed by atoms with Crippen molar-refractivity contribution in [3.05, 3.63) is 129 Å². The maximum Gasteiger partial charge on any atom is 0.120 e. The van der Waals surface area contributed by atoms with Gasteiger partial charge in [-0.1, -0.05) is 168 Å². The van der Waals surface area contributed by atoms with Gasteiger partial charge in [0.15, 0.2) is 0 Å². The monoisotopic (exact) mass is 710 g/mol. The highest BCUT2D eigenvalue weighted by molar-refractivity contribution is 7.75. The second kappa shape index (κ2) is 16.8.